The Labute approximate surface area is 721 Å². The number of hydrogen-bond donors (Lipinski definition) is 0. The minimum atomic E-state index is 0.927. The number of benzene rings is 20. The second-order valence-electron chi connectivity index (χ2n) is 31.7. The van der Waals surface area contributed by atoms with Crippen LogP contribution in [0.25, 0.3) is 219 Å². The highest BCUT2D eigenvalue weighted by atomic mass is 14.9. The fraction of sp³-hybridized carbons (Fsp3) is 0.0435. The molecule has 5 heterocycles. The van der Waals surface area contributed by atoms with Crippen LogP contribution in [0.1, 0.15) is 28.5 Å². The zero-order valence-electron chi connectivity index (χ0n) is 69.5. The van der Waals surface area contributed by atoms with E-state index in [1.54, 1.807) is 0 Å². The molecule has 25 aromatic rings. The summed E-state index contributed by atoms with van der Waals surface area (Å²) in [6.45, 7) is 10.2. The van der Waals surface area contributed by atoms with Crippen molar-refractivity contribution < 1.29 is 0 Å². The average molecular weight is 1600 g/mol. The van der Waals surface area contributed by atoms with Gasteiger partial charge in [-0.2, -0.15) is 0 Å². The Morgan fingerprint density at radius 2 is 0.464 bits per heavy atom. The number of aryl methyl sites for hydroxylation is 5. The second-order valence-corrected chi connectivity index (χ2v) is 31.7. The van der Waals surface area contributed by atoms with E-state index < -0.39 is 0 Å². The lowest BCUT2D eigenvalue weighted by Gasteiger charge is -2.13. The lowest BCUT2D eigenvalue weighted by atomic mass is 9.98. The Hall–Kier alpha value is -16.3. The normalized spacial score (nSPS) is 11.4. The number of nitrogens with zero attached hydrogens (tertiary/aromatic N) is 10. The molecule has 5 aromatic heterocycles. The summed E-state index contributed by atoms with van der Waals surface area (Å²) in [5.41, 5.74) is 25.0. The molecular formula is C115H80N10. The minimum absolute atomic E-state index is 0.927. The maximum atomic E-state index is 5.21. The van der Waals surface area contributed by atoms with E-state index in [0.717, 1.165) is 167 Å². The second kappa shape index (κ2) is 32.7. The quantitative estimate of drug-likeness (QED) is 0.154. The van der Waals surface area contributed by atoms with Crippen LogP contribution in [0.5, 0.6) is 0 Å². The molecular weight excluding hydrogens is 1520 g/mol. The Balaban J connectivity index is 0.0000000963. The first-order valence-corrected chi connectivity index (χ1v) is 42.3. The van der Waals surface area contributed by atoms with Gasteiger partial charge in [0.25, 0.3) is 0 Å². The van der Waals surface area contributed by atoms with Crippen molar-refractivity contribution in [3.63, 3.8) is 0 Å². The number of aromatic nitrogens is 10. The van der Waals surface area contributed by atoms with Crippen LogP contribution >= 0.6 is 0 Å². The molecule has 0 aliphatic carbocycles. The van der Waals surface area contributed by atoms with E-state index >= 15 is 0 Å². The maximum absolute atomic E-state index is 5.21. The van der Waals surface area contributed by atoms with Gasteiger partial charge in [0.05, 0.1) is 106 Å². The van der Waals surface area contributed by atoms with Crippen LogP contribution in [0.4, 0.5) is 0 Å². The van der Waals surface area contributed by atoms with Gasteiger partial charge >= 0.3 is 0 Å². The van der Waals surface area contributed by atoms with Crippen molar-refractivity contribution in [3.05, 3.63) is 423 Å². The van der Waals surface area contributed by atoms with Crippen molar-refractivity contribution in [1.29, 1.82) is 0 Å². The molecule has 125 heavy (non-hydrogen) atoms. The van der Waals surface area contributed by atoms with Gasteiger partial charge in [-0.3, -0.25) is 4.98 Å². The highest BCUT2D eigenvalue weighted by Gasteiger charge is 2.21. The zero-order valence-corrected chi connectivity index (χ0v) is 69.5. The predicted octanol–water partition coefficient (Wildman–Crippen LogP) is 29.6. The monoisotopic (exact) mass is 1600 g/mol. The van der Waals surface area contributed by atoms with E-state index in [1.165, 1.54) is 81.0 Å². The number of rotatable bonds is 5. The van der Waals surface area contributed by atoms with Crippen molar-refractivity contribution in [2.75, 3.05) is 0 Å². The molecule has 10 heteroatoms. The SMILES string of the molecule is Cc1cnc2c3ccccc3c3ccccc3c2n1.Cc1nc2c3ccccc3c3ccccc3c2nc1-c1ccc2ccccc2c1.Cc1nc2c3ccccc3c3ccccc3c2nc1-c1cccc2ccccc12.Cc1nc2c3ccccc3c3ccccc3c2nc1-c1ccccc1.Cc1nc2ccc(-c3ccccc3)cc2nc1-c1ccccc1. The maximum Gasteiger partial charge on any atom is 0.0979 e. The Bertz CT molecular complexity index is 8510. The number of hydrogen-bond acceptors (Lipinski definition) is 10. The molecule has 0 saturated heterocycles. The van der Waals surface area contributed by atoms with Crippen molar-refractivity contribution in [1.82, 2.24) is 49.8 Å². The Kier molecular flexibility index (Phi) is 19.9. The van der Waals surface area contributed by atoms with E-state index in [4.69, 9.17) is 44.9 Å². The summed E-state index contributed by atoms with van der Waals surface area (Å²) in [4.78, 5) is 49.4. The molecule has 0 aliphatic rings. The molecule has 25 rings (SSSR count). The summed E-state index contributed by atoms with van der Waals surface area (Å²) in [6, 6.07) is 135. The first-order valence-electron chi connectivity index (χ1n) is 42.3. The van der Waals surface area contributed by atoms with Gasteiger partial charge in [-0.25, -0.2) is 44.9 Å². The van der Waals surface area contributed by atoms with Gasteiger partial charge in [0, 0.05) is 71.5 Å². The van der Waals surface area contributed by atoms with Gasteiger partial charge < -0.3 is 0 Å². The summed E-state index contributed by atoms with van der Waals surface area (Å²) in [5, 5.41) is 24.0. The van der Waals surface area contributed by atoms with Gasteiger partial charge in [0.2, 0.25) is 0 Å². The molecule has 0 atom stereocenters. The number of fused-ring (bicyclic) bond motifs is 27. The van der Waals surface area contributed by atoms with E-state index in [1.807, 2.05) is 75.5 Å². The van der Waals surface area contributed by atoms with E-state index in [-0.39, 0.29) is 0 Å². The first kappa shape index (κ1) is 76.1. The molecule has 0 amide bonds. The van der Waals surface area contributed by atoms with Crippen molar-refractivity contribution >= 4 is 163 Å². The van der Waals surface area contributed by atoms with Crippen LogP contribution in [0.15, 0.2) is 394 Å². The van der Waals surface area contributed by atoms with Crippen LogP contribution < -0.4 is 0 Å². The third-order valence-electron chi connectivity index (χ3n) is 23.8. The lowest BCUT2D eigenvalue weighted by Crippen LogP contribution is -1.97. The summed E-state index contributed by atoms with van der Waals surface area (Å²) in [7, 11) is 0. The molecule has 0 saturated carbocycles. The molecule has 0 bridgehead atoms. The third kappa shape index (κ3) is 14.2. The average Bonchev–Trinajstić information content (AvgIpc) is 0.753. The third-order valence-corrected chi connectivity index (χ3v) is 23.8. The van der Waals surface area contributed by atoms with Crippen LogP contribution in [0, 0.1) is 34.6 Å². The van der Waals surface area contributed by atoms with Gasteiger partial charge in [-0.05, 0) is 129 Å². The van der Waals surface area contributed by atoms with Crippen LogP contribution in [0.2, 0.25) is 0 Å². The van der Waals surface area contributed by atoms with E-state index in [0.29, 0.717) is 0 Å². The Morgan fingerprint density at radius 3 is 0.904 bits per heavy atom. The van der Waals surface area contributed by atoms with Crippen molar-refractivity contribution in [3.8, 4) is 56.2 Å². The summed E-state index contributed by atoms with van der Waals surface area (Å²) in [5.74, 6) is 0. The summed E-state index contributed by atoms with van der Waals surface area (Å²) >= 11 is 0. The van der Waals surface area contributed by atoms with Crippen molar-refractivity contribution in [2.45, 2.75) is 34.6 Å². The highest BCUT2D eigenvalue weighted by molar-refractivity contribution is 6.27. The molecule has 0 radical (unpaired) electrons. The fourth-order valence-corrected chi connectivity index (χ4v) is 17.9. The fourth-order valence-electron chi connectivity index (χ4n) is 17.9. The lowest BCUT2D eigenvalue weighted by molar-refractivity contribution is 1.19. The van der Waals surface area contributed by atoms with Gasteiger partial charge in [-0.15, -0.1) is 0 Å². The predicted molar refractivity (Wildman–Crippen MR) is 524 cm³/mol. The Morgan fingerprint density at radius 1 is 0.160 bits per heavy atom. The molecule has 0 aliphatic heterocycles. The van der Waals surface area contributed by atoms with Crippen LogP contribution in [-0.4, -0.2) is 49.8 Å². The largest absolute Gasteiger partial charge is 0.252 e. The van der Waals surface area contributed by atoms with Crippen LogP contribution in [0.3, 0.4) is 0 Å². The first-order chi connectivity index (χ1) is 61.6. The smallest absolute Gasteiger partial charge is 0.0979 e. The van der Waals surface area contributed by atoms with E-state index in [9.17, 15) is 0 Å². The van der Waals surface area contributed by atoms with Crippen molar-refractivity contribution in [2.24, 2.45) is 0 Å². The zero-order chi connectivity index (χ0) is 84.0. The topological polar surface area (TPSA) is 129 Å². The van der Waals surface area contributed by atoms with E-state index in [2.05, 4.69) is 359 Å². The summed E-state index contributed by atoms with van der Waals surface area (Å²) < 4.78 is 0. The molecule has 0 fully saturated rings. The molecule has 20 aromatic carbocycles. The minimum Gasteiger partial charge on any atom is -0.252 e. The summed E-state index contributed by atoms with van der Waals surface area (Å²) in [6.07, 6.45) is 1.84. The van der Waals surface area contributed by atoms with Gasteiger partial charge in [0.1, 0.15) is 0 Å². The molecule has 10 nitrogen and oxygen atoms in total. The van der Waals surface area contributed by atoms with Gasteiger partial charge in [0.15, 0.2) is 0 Å². The van der Waals surface area contributed by atoms with Gasteiger partial charge in [-0.1, -0.05) is 370 Å². The molecule has 0 spiro atoms. The van der Waals surface area contributed by atoms with Crippen LogP contribution in [-0.2, 0) is 0 Å². The highest BCUT2D eigenvalue weighted by Crippen LogP contribution is 2.42. The molecule has 590 valence electrons. The molecule has 0 N–H and O–H groups in total. The molecule has 0 unspecified atom stereocenters. The standard InChI is InChI=1S/2C27H18N2.C23H16N2.C21H16N2.C17H12N2/c1-17-25(22-16-8-10-18-9-2-3-11-19(18)22)29-27-24-15-7-5-13-21(24)20-12-4-6-14-23(20)26(27)28-17;1-17-25(20-15-14-18-8-2-3-9-19(18)16-20)29-27-24-13-7-5-11-22(24)21-10-4-6-12-23(21)26(27)28-17;1-15-21(16-9-3-2-4-10-16)25-23-20-14-8-6-12-18(20)17-11-5-7-13-19(17)22(23)24-15;1-15-21(17-10-6-3-7-11-17)23-20-14-18(12-13-19(20)22-15)16-8-4-2-5-9-16;1-11-10-18-16-14-8-4-2-6-12(14)13-7-3-5-9-15(13)17(16)19-11/h2*2-16H,1H3;2-14H,1H3;2-14H,1H3;2-10H,1H3.